The van der Waals surface area contributed by atoms with Crippen molar-refractivity contribution in [3.63, 3.8) is 0 Å². The van der Waals surface area contributed by atoms with E-state index in [0.717, 1.165) is 25.9 Å². The van der Waals surface area contributed by atoms with Crippen molar-refractivity contribution in [1.82, 2.24) is 9.47 Å². The number of benzene rings is 2. The Labute approximate surface area is 190 Å². The van der Waals surface area contributed by atoms with Crippen LogP contribution in [-0.2, 0) is 0 Å². The van der Waals surface area contributed by atoms with E-state index in [1.54, 1.807) is 6.07 Å². The van der Waals surface area contributed by atoms with Crippen LogP contribution < -0.4 is 15.1 Å². The Morgan fingerprint density at radius 3 is 2.45 bits per heavy atom. The van der Waals surface area contributed by atoms with E-state index in [4.69, 9.17) is 5.11 Å². The van der Waals surface area contributed by atoms with Gasteiger partial charge in [0.05, 0.1) is 22.8 Å². The monoisotopic (exact) mass is 451 g/mol. The van der Waals surface area contributed by atoms with Crippen molar-refractivity contribution in [2.24, 2.45) is 0 Å². The van der Waals surface area contributed by atoms with Gasteiger partial charge in [-0.25, -0.2) is 9.18 Å². The van der Waals surface area contributed by atoms with Gasteiger partial charge in [-0.05, 0) is 37.5 Å². The van der Waals surface area contributed by atoms with E-state index in [2.05, 4.69) is 28.7 Å². The number of fused-ring (bicyclic) bond motifs is 1. The second-order valence-electron chi connectivity index (χ2n) is 8.76. The molecular formula is C25H26FN3O4. The lowest BCUT2D eigenvalue weighted by Crippen LogP contribution is -2.47. The van der Waals surface area contributed by atoms with Gasteiger partial charge in [0.2, 0.25) is 5.43 Å². The lowest BCUT2D eigenvalue weighted by molar-refractivity contribution is 0.143. The third kappa shape index (κ3) is 4.18. The number of carboxylic acid groups (broad SMARTS) is 1. The predicted octanol–water partition coefficient (Wildman–Crippen LogP) is 4.42. The molecule has 1 saturated heterocycles. The van der Waals surface area contributed by atoms with Crippen molar-refractivity contribution in [2.45, 2.75) is 31.8 Å². The number of hydrogen-bond acceptors (Lipinski definition) is 5. The van der Waals surface area contributed by atoms with Crippen molar-refractivity contribution < 1.29 is 19.0 Å². The number of aromatic nitrogens is 1. The molecule has 1 atom stereocenters. The molecule has 5 rings (SSSR count). The zero-order valence-corrected chi connectivity index (χ0v) is 18.4. The Morgan fingerprint density at radius 2 is 1.82 bits per heavy atom. The number of nitrogens with zero attached hydrogens (tertiary/aromatic N) is 3. The number of anilines is 1. The van der Waals surface area contributed by atoms with Crippen molar-refractivity contribution in [3.8, 4) is 5.75 Å². The molecule has 0 amide bonds. The number of piperazine rings is 1. The maximum absolute atomic E-state index is 15.2. The topological polar surface area (TPSA) is 75.0 Å². The van der Waals surface area contributed by atoms with Gasteiger partial charge in [-0.3, -0.25) is 9.69 Å². The molecule has 1 aromatic heterocycles. The van der Waals surface area contributed by atoms with Gasteiger partial charge in [0, 0.05) is 38.3 Å². The quantitative estimate of drug-likeness (QED) is 0.579. The number of rotatable bonds is 5. The van der Waals surface area contributed by atoms with Gasteiger partial charge >= 0.3 is 6.16 Å². The molecule has 3 aromatic rings. The summed E-state index contributed by atoms with van der Waals surface area (Å²) >= 11 is 0. The zero-order valence-electron chi connectivity index (χ0n) is 18.4. The summed E-state index contributed by atoms with van der Waals surface area (Å²) in [5, 5.41) is 9.09. The van der Waals surface area contributed by atoms with Gasteiger partial charge in [-0.1, -0.05) is 30.3 Å². The van der Waals surface area contributed by atoms with Crippen LogP contribution in [-0.4, -0.2) is 46.9 Å². The van der Waals surface area contributed by atoms with Gasteiger partial charge in [0.1, 0.15) is 5.82 Å². The number of carbonyl (C=O) groups is 1. The van der Waals surface area contributed by atoms with Gasteiger partial charge in [0.15, 0.2) is 5.75 Å². The van der Waals surface area contributed by atoms with Crippen LogP contribution in [0, 0.1) is 5.82 Å². The average Bonchev–Trinajstić information content (AvgIpc) is 3.66. The normalized spacial score (nSPS) is 17.8. The van der Waals surface area contributed by atoms with E-state index in [1.807, 2.05) is 27.7 Å². The molecule has 1 saturated carbocycles. The Balaban J connectivity index is 1.43. The Morgan fingerprint density at radius 1 is 1.12 bits per heavy atom. The van der Waals surface area contributed by atoms with Crippen LogP contribution in [0.15, 0.2) is 53.5 Å². The summed E-state index contributed by atoms with van der Waals surface area (Å²) < 4.78 is 21.7. The van der Waals surface area contributed by atoms with Gasteiger partial charge < -0.3 is 19.3 Å². The maximum Gasteiger partial charge on any atom is 0.511 e. The van der Waals surface area contributed by atoms with E-state index in [-0.39, 0.29) is 23.2 Å². The first-order chi connectivity index (χ1) is 15.9. The fourth-order valence-electron chi connectivity index (χ4n) is 4.69. The van der Waals surface area contributed by atoms with E-state index < -0.39 is 17.4 Å². The highest BCUT2D eigenvalue weighted by Gasteiger charge is 2.29. The first kappa shape index (κ1) is 21.5. The molecule has 2 heterocycles. The first-order valence-electron chi connectivity index (χ1n) is 11.3. The first-order valence-corrected chi connectivity index (χ1v) is 11.3. The second kappa shape index (κ2) is 8.51. The minimum Gasteiger partial charge on any atom is -0.449 e. The van der Waals surface area contributed by atoms with Crippen molar-refractivity contribution in [1.29, 1.82) is 0 Å². The van der Waals surface area contributed by atoms with Gasteiger partial charge in [-0.2, -0.15) is 0 Å². The van der Waals surface area contributed by atoms with E-state index in [9.17, 15) is 9.59 Å². The van der Waals surface area contributed by atoms with E-state index in [0.29, 0.717) is 24.3 Å². The molecular weight excluding hydrogens is 425 g/mol. The highest BCUT2D eigenvalue weighted by molar-refractivity contribution is 5.85. The summed E-state index contributed by atoms with van der Waals surface area (Å²) in [6, 6.07) is 13.7. The highest BCUT2D eigenvalue weighted by atomic mass is 19.1. The Kier molecular flexibility index (Phi) is 5.54. The summed E-state index contributed by atoms with van der Waals surface area (Å²) in [6.07, 6.45) is 1.73. The number of ether oxygens (including phenoxy) is 1. The highest BCUT2D eigenvalue weighted by Crippen LogP contribution is 2.39. The van der Waals surface area contributed by atoms with Crippen LogP contribution in [0.3, 0.4) is 0 Å². The standard InChI is InChI=1S/C25H26FN3O4/c1-16(17-5-3-2-4-6-17)27-9-11-28(12-10-27)22-14-21-19(13-20(22)26)24(30)23(33-25(31)32)15-29(21)18-7-8-18/h2-6,13-16,18H,7-12H2,1H3,(H,31,32). The molecule has 2 aromatic carbocycles. The van der Waals surface area contributed by atoms with Crippen molar-refractivity contribution >= 4 is 22.7 Å². The largest absolute Gasteiger partial charge is 0.511 e. The van der Waals surface area contributed by atoms with Crippen LogP contribution in [0.5, 0.6) is 5.75 Å². The number of halogens is 1. The fourth-order valence-corrected chi connectivity index (χ4v) is 4.69. The minimum atomic E-state index is -1.56. The minimum absolute atomic E-state index is 0.137. The molecule has 0 spiro atoms. The molecule has 1 unspecified atom stereocenters. The summed E-state index contributed by atoms with van der Waals surface area (Å²) in [4.78, 5) is 28.2. The van der Waals surface area contributed by atoms with E-state index >= 15 is 4.39 Å². The molecule has 0 radical (unpaired) electrons. The Bertz CT molecular complexity index is 1250. The molecule has 172 valence electrons. The molecule has 1 N–H and O–H groups in total. The van der Waals surface area contributed by atoms with Crippen LogP contribution in [0.25, 0.3) is 10.9 Å². The molecule has 1 aliphatic carbocycles. The molecule has 2 aliphatic rings. The molecule has 33 heavy (non-hydrogen) atoms. The summed E-state index contributed by atoms with van der Waals surface area (Å²) in [7, 11) is 0. The zero-order chi connectivity index (χ0) is 23.1. The van der Waals surface area contributed by atoms with Crippen LogP contribution >= 0.6 is 0 Å². The van der Waals surface area contributed by atoms with Gasteiger partial charge in [-0.15, -0.1) is 0 Å². The van der Waals surface area contributed by atoms with Crippen LogP contribution in [0.4, 0.5) is 14.9 Å². The Hall–Kier alpha value is -3.39. The molecule has 2 fully saturated rings. The number of pyridine rings is 1. The third-order valence-corrected chi connectivity index (χ3v) is 6.69. The lowest BCUT2D eigenvalue weighted by Gasteiger charge is -2.39. The average molecular weight is 451 g/mol. The second-order valence-corrected chi connectivity index (χ2v) is 8.76. The van der Waals surface area contributed by atoms with E-state index in [1.165, 1.54) is 17.8 Å². The van der Waals surface area contributed by atoms with Crippen LogP contribution in [0.1, 0.15) is 37.4 Å². The maximum atomic E-state index is 15.2. The fraction of sp³-hybridized carbons (Fsp3) is 0.360. The molecule has 1 aliphatic heterocycles. The summed E-state index contributed by atoms with van der Waals surface area (Å²) in [5.41, 5.74) is 1.72. The lowest BCUT2D eigenvalue weighted by atomic mass is 10.1. The predicted molar refractivity (Wildman–Crippen MR) is 124 cm³/mol. The molecule has 7 nitrogen and oxygen atoms in total. The third-order valence-electron chi connectivity index (χ3n) is 6.69. The smallest absolute Gasteiger partial charge is 0.449 e. The molecule has 8 heteroatoms. The van der Waals surface area contributed by atoms with Crippen molar-refractivity contribution in [2.75, 3.05) is 31.1 Å². The van der Waals surface area contributed by atoms with Crippen LogP contribution in [0.2, 0.25) is 0 Å². The SMILES string of the molecule is CC(c1ccccc1)N1CCN(c2cc3c(cc2F)c(=O)c(OC(=O)O)cn3C2CC2)CC1. The van der Waals surface area contributed by atoms with Gasteiger partial charge in [0.25, 0.3) is 0 Å². The number of hydrogen-bond donors (Lipinski definition) is 1. The summed E-state index contributed by atoms with van der Waals surface area (Å²) in [6.45, 7) is 5.14. The summed E-state index contributed by atoms with van der Waals surface area (Å²) in [5.74, 6) is -0.781. The molecule has 0 bridgehead atoms. The van der Waals surface area contributed by atoms with Crippen molar-refractivity contribution in [3.05, 3.63) is 70.3 Å².